The molecule has 1 unspecified atom stereocenters. The van der Waals surface area contributed by atoms with Gasteiger partial charge in [-0.05, 0) is 61.3 Å². The molecule has 2 aromatic rings. The van der Waals surface area contributed by atoms with Crippen LogP contribution in [0.3, 0.4) is 0 Å². The van der Waals surface area contributed by atoms with E-state index in [9.17, 15) is 0 Å². The first kappa shape index (κ1) is 14.4. The molecule has 1 aliphatic rings. The van der Waals surface area contributed by atoms with E-state index in [1.165, 1.54) is 11.3 Å². The van der Waals surface area contributed by atoms with Crippen LogP contribution in [-0.2, 0) is 12.8 Å². The second kappa shape index (κ2) is 6.03. The van der Waals surface area contributed by atoms with E-state index in [1.807, 2.05) is 31.3 Å². The van der Waals surface area contributed by atoms with Crippen LogP contribution in [0, 0.1) is 6.92 Å². The third-order valence-corrected chi connectivity index (χ3v) is 4.25. The number of thiocarbonyl (C=S) groups is 1. The SMILES string of the molecule is Cc1cc(Cl)ccc1NC(=S)NC1CCc2cn[nH]c2C1. The van der Waals surface area contributed by atoms with Crippen LogP contribution in [0.5, 0.6) is 0 Å². The van der Waals surface area contributed by atoms with Crippen LogP contribution in [0.2, 0.25) is 5.02 Å². The summed E-state index contributed by atoms with van der Waals surface area (Å²) >= 11 is 11.4. The molecule has 1 heterocycles. The molecule has 3 rings (SSSR count). The fourth-order valence-corrected chi connectivity index (χ4v) is 3.15. The smallest absolute Gasteiger partial charge is 0.171 e. The largest absolute Gasteiger partial charge is 0.359 e. The molecule has 0 radical (unpaired) electrons. The average Bonchev–Trinajstić information content (AvgIpc) is 2.89. The van der Waals surface area contributed by atoms with Gasteiger partial charge in [0, 0.05) is 28.9 Å². The van der Waals surface area contributed by atoms with E-state index in [4.69, 9.17) is 23.8 Å². The van der Waals surface area contributed by atoms with E-state index in [-0.39, 0.29) is 0 Å². The van der Waals surface area contributed by atoms with Crippen LogP contribution in [0.15, 0.2) is 24.4 Å². The van der Waals surface area contributed by atoms with Gasteiger partial charge in [0.15, 0.2) is 5.11 Å². The minimum Gasteiger partial charge on any atom is -0.359 e. The highest BCUT2D eigenvalue weighted by Gasteiger charge is 2.20. The molecule has 1 aromatic heterocycles. The topological polar surface area (TPSA) is 52.7 Å². The fourth-order valence-electron chi connectivity index (χ4n) is 2.64. The summed E-state index contributed by atoms with van der Waals surface area (Å²) in [6.45, 7) is 2.01. The summed E-state index contributed by atoms with van der Waals surface area (Å²) in [5.74, 6) is 0. The lowest BCUT2D eigenvalue weighted by Gasteiger charge is -2.24. The predicted molar refractivity (Wildman–Crippen MR) is 89.9 cm³/mol. The quantitative estimate of drug-likeness (QED) is 0.744. The number of hydrogen-bond acceptors (Lipinski definition) is 2. The number of halogens is 1. The van der Waals surface area contributed by atoms with Gasteiger partial charge in [0.25, 0.3) is 0 Å². The summed E-state index contributed by atoms with van der Waals surface area (Å²) in [4.78, 5) is 0. The standard InChI is InChI=1S/C15H17ClN4S/c1-9-6-11(16)3-5-13(9)19-15(21)18-12-4-2-10-8-17-20-14(10)7-12/h3,5-6,8,12H,2,4,7H2,1H3,(H,17,20)(H2,18,19,21). The fraction of sp³-hybridized carbons (Fsp3) is 0.333. The Morgan fingerprint density at radius 2 is 2.33 bits per heavy atom. The molecule has 3 N–H and O–H groups in total. The van der Waals surface area contributed by atoms with Gasteiger partial charge in [-0.25, -0.2) is 0 Å². The number of nitrogens with zero attached hydrogens (tertiary/aromatic N) is 1. The highest BCUT2D eigenvalue weighted by Crippen LogP contribution is 2.21. The Balaban J connectivity index is 1.60. The molecule has 1 aliphatic carbocycles. The van der Waals surface area contributed by atoms with Crippen molar-refractivity contribution in [3.8, 4) is 0 Å². The zero-order valence-electron chi connectivity index (χ0n) is 11.7. The van der Waals surface area contributed by atoms with Gasteiger partial charge in [-0.2, -0.15) is 5.10 Å². The van der Waals surface area contributed by atoms with E-state index in [0.717, 1.165) is 35.5 Å². The van der Waals surface area contributed by atoms with Crippen molar-refractivity contribution in [2.45, 2.75) is 32.2 Å². The molecule has 110 valence electrons. The molecule has 21 heavy (non-hydrogen) atoms. The van der Waals surface area contributed by atoms with E-state index in [0.29, 0.717) is 11.2 Å². The molecule has 1 atom stereocenters. The highest BCUT2D eigenvalue weighted by atomic mass is 35.5. The van der Waals surface area contributed by atoms with Crippen molar-refractivity contribution in [1.82, 2.24) is 15.5 Å². The molecule has 0 amide bonds. The molecule has 1 aromatic carbocycles. The molecule has 4 nitrogen and oxygen atoms in total. The van der Waals surface area contributed by atoms with Crippen LogP contribution in [0.4, 0.5) is 5.69 Å². The first-order chi connectivity index (χ1) is 10.1. The normalized spacial score (nSPS) is 17.1. The predicted octanol–water partition coefficient (Wildman–Crippen LogP) is 3.22. The maximum atomic E-state index is 5.96. The third-order valence-electron chi connectivity index (χ3n) is 3.79. The third kappa shape index (κ3) is 3.36. The van der Waals surface area contributed by atoms with Crippen molar-refractivity contribution in [3.05, 3.63) is 46.2 Å². The lowest BCUT2D eigenvalue weighted by atomic mass is 9.94. The van der Waals surface area contributed by atoms with E-state index in [2.05, 4.69) is 20.8 Å². The molecular formula is C15H17ClN4S. The summed E-state index contributed by atoms with van der Waals surface area (Å²) in [5, 5.41) is 15.1. The van der Waals surface area contributed by atoms with Crippen molar-refractivity contribution in [2.24, 2.45) is 0 Å². The van der Waals surface area contributed by atoms with Gasteiger partial charge in [-0.1, -0.05) is 11.6 Å². The minimum absolute atomic E-state index is 0.338. The Kier molecular flexibility index (Phi) is 4.12. The minimum atomic E-state index is 0.338. The van der Waals surface area contributed by atoms with Gasteiger partial charge in [0.05, 0.1) is 6.20 Å². The van der Waals surface area contributed by atoms with Crippen molar-refractivity contribution in [2.75, 3.05) is 5.32 Å². The first-order valence-electron chi connectivity index (χ1n) is 6.96. The van der Waals surface area contributed by atoms with E-state index in [1.54, 1.807) is 0 Å². The first-order valence-corrected chi connectivity index (χ1v) is 7.75. The van der Waals surface area contributed by atoms with Crippen LogP contribution in [-0.4, -0.2) is 21.4 Å². The summed E-state index contributed by atoms with van der Waals surface area (Å²) in [6.07, 6.45) is 4.94. The molecule has 6 heteroatoms. The van der Waals surface area contributed by atoms with Crippen molar-refractivity contribution < 1.29 is 0 Å². The van der Waals surface area contributed by atoms with Gasteiger partial charge in [-0.3, -0.25) is 5.10 Å². The number of hydrogen-bond donors (Lipinski definition) is 3. The average molecular weight is 321 g/mol. The number of nitrogens with one attached hydrogen (secondary N) is 3. The molecule has 0 bridgehead atoms. The maximum Gasteiger partial charge on any atom is 0.171 e. The van der Waals surface area contributed by atoms with E-state index < -0.39 is 0 Å². The molecular weight excluding hydrogens is 304 g/mol. The van der Waals surface area contributed by atoms with Crippen molar-refractivity contribution >= 4 is 34.6 Å². The molecule has 0 aliphatic heterocycles. The van der Waals surface area contributed by atoms with Crippen LogP contribution in [0.25, 0.3) is 0 Å². The Hall–Kier alpha value is -1.59. The number of H-pyrrole nitrogens is 1. The summed E-state index contributed by atoms with van der Waals surface area (Å²) in [7, 11) is 0. The summed E-state index contributed by atoms with van der Waals surface area (Å²) < 4.78 is 0. The zero-order chi connectivity index (χ0) is 14.8. The van der Waals surface area contributed by atoms with Gasteiger partial charge >= 0.3 is 0 Å². The molecule has 0 saturated carbocycles. The van der Waals surface area contributed by atoms with E-state index >= 15 is 0 Å². The lowest BCUT2D eigenvalue weighted by Crippen LogP contribution is -2.41. The number of fused-ring (bicyclic) bond motifs is 1. The van der Waals surface area contributed by atoms with Crippen LogP contribution < -0.4 is 10.6 Å². The van der Waals surface area contributed by atoms with Crippen molar-refractivity contribution in [1.29, 1.82) is 0 Å². The number of rotatable bonds is 2. The molecule has 0 spiro atoms. The summed E-state index contributed by atoms with van der Waals surface area (Å²) in [5.41, 5.74) is 4.59. The second-order valence-corrected chi connectivity index (χ2v) is 6.22. The van der Waals surface area contributed by atoms with Gasteiger partial charge < -0.3 is 10.6 Å². The molecule has 0 saturated heterocycles. The monoisotopic (exact) mass is 320 g/mol. The zero-order valence-corrected chi connectivity index (χ0v) is 13.3. The van der Waals surface area contributed by atoms with Gasteiger partial charge in [-0.15, -0.1) is 0 Å². The van der Waals surface area contributed by atoms with Gasteiger partial charge in [0.2, 0.25) is 0 Å². The number of aryl methyl sites for hydroxylation is 2. The number of aromatic nitrogens is 2. The Morgan fingerprint density at radius 3 is 3.14 bits per heavy atom. The lowest BCUT2D eigenvalue weighted by molar-refractivity contribution is 0.525. The second-order valence-electron chi connectivity index (χ2n) is 5.37. The number of anilines is 1. The Labute approximate surface area is 134 Å². The maximum absolute atomic E-state index is 5.96. The van der Waals surface area contributed by atoms with Crippen LogP contribution >= 0.6 is 23.8 Å². The van der Waals surface area contributed by atoms with Crippen LogP contribution in [0.1, 0.15) is 23.2 Å². The Bertz CT molecular complexity index is 667. The van der Waals surface area contributed by atoms with Gasteiger partial charge in [0.1, 0.15) is 0 Å². The van der Waals surface area contributed by atoms with Crippen molar-refractivity contribution in [3.63, 3.8) is 0 Å². The number of benzene rings is 1. The highest BCUT2D eigenvalue weighted by molar-refractivity contribution is 7.80. The molecule has 0 fully saturated rings. The Morgan fingerprint density at radius 1 is 1.48 bits per heavy atom. The summed E-state index contributed by atoms with van der Waals surface area (Å²) in [6, 6.07) is 6.06. The number of aromatic amines is 1.